The lowest BCUT2D eigenvalue weighted by molar-refractivity contribution is -0.146. The highest BCUT2D eigenvalue weighted by atomic mass is 32.1. The van der Waals surface area contributed by atoms with Crippen LogP contribution in [-0.4, -0.2) is 26.4 Å². The second-order valence-corrected chi connectivity index (χ2v) is 5.66. The Morgan fingerprint density at radius 2 is 2.05 bits per heavy atom. The molecular weight excluding hydrogens is 303 g/mol. The molecule has 0 amide bonds. The summed E-state index contributed by atoms with van der Waals surface area (Å²) in [6.07, 6.45) is -4.56. The van der Waals surface area contributed by atoms with Crippen LogP contribution in [0, 0.1) is 0 Å². The third-order valence-corrected chi connectivity index (χ3v) is 4.40. The van der Waals surface area contributed by atoms with Crippen LogP contribution in [0.25, 0.3) is 4.96 Å². The maximum absolute atomic E-state index is 12.8. The molecule has 21 heavy (non-hydrogen) atoms. The van der Waals surface area contributed by atoms with E-state index in [-0.39, 0.29) is 10.9 Å². The molecule has 1 aliphatic heterocycles. The van der Waals surface area contributed by atoms with Gasteiger partial charge in [0.1, 0.15) is 5.01 Å². The van der Waals surface area contributed by atoms with Gasteiger partial charge in [0.2, 0.25) is 4.96 Å². The molecule has 4 rings (SSSR count). The van der Waals surface area contributed by atoms with Crippen LogP contribution >= 0.6 is 11.3 Å². The molecule has 1 aromatic carbocycles. The smallest absolute Gasteiger partial charge is 0.384 e. The Morgan fingerprint density at radius 1 is 1.24 bits per heavy atom. The van der Waals surface area contributed by atoms with Gasteiger partial charge in [0.05, 0.1) is 5.92 Å². The summed E-state index contributed by atoms with van der Waals surface area (Å²) in [6.45, 7) is 0.616. The highest BCUT2D eigenvalue weighted by Crippen LogP contribution is 2.38. The van der Waals surface area contributed by atoms with E-state index in [1.807, 2.05) is 24.3 Å². The Kier molecular flexibility index (Phi) is 2.49. The van der Waals surface area contributed by atoms with E-state index in [4.69, 9.17) is 0 Å². The number of aromatic nitrogens is 4. The first-order valence-corrected chi connectivity index (χ1v) is 6.98. The third-order valence-electron chi connectivity index (χ3n) is 3.39. The number of hydrogen-bond donors (Lipinski definition) is 1. The molecule has 108 valence electrons. The highest BCUT2D eigenvalue weighted by Gasteiger charge is 2.39. The number of benzene rings is 1. The highest BCUT2D eigenvalue weighted by molar-refractivity contribution is 7.16. The normalized spacial score (nSPS) is 18.0. The van der Waals surface area contributed by atoms with E-state index in [2.05, 4.69) is 20.6 Å². The number of halogens is 3. The average Bonchev–Trinajstić information content (AvgIpc) is 3.09. The van der Waals surface area contributed by atoms with Crippen LogP contribution in [0.4, 0.5) is 18.9 Å². The van der Waals surface area contributed by atoms with Gasteiger partial charge in [-0.1, -0.05) is 29.5 Å². The van der Waals surface area contributed by atoms with Gasteiger partial charge >= 0.3 is 6.18 Å². The largest absolute Gasteiger partial charge is 0.453 e. The fraction of sp³-hybridized carbons (Fsp3) is 0.250. The summed E-state index contributed by atoms with van der Waals surface area (Å²) in [5.41, 5.74) is 2.03. The monoisotopic (exact) mass is 311 g/mol. The molecule has 0 fully saturated rings. The molecule has 2 aromatic heterocycles. The Hall–Kier alpha value is -2.16. The fourth-order valence-corrected chi connectivity index (χ4v) is 3.41. The first kappa shape index (κ1) is 12.6. The van der Waals surface area contributed by atoms with E-state index in [1.54, 1.807) is 0 Å². The van der Waals surface area contributed by atoms with Crippen molar-refractivity contribution in [2.45, 2.75) is 12.1 Å². The first-order chi connectivity index (χ1) is 10.0. The van der Waals surface area contributed by atoms with E-state index in [0.29, 0.717) is 11.6 Å². The van der Waals surface area contributed by atoms with Gasteiger partial charge in [-0.3, -0.25) is 0 Å². The summed E-state index contributed by atoms with van der Waals surface area (Å²) in [7, 11) is 0. The molecule has 9 heteroatoms. The number of fused-ring (bicyclic) bond motifs is 2. The minimum Gasteiger partial charge on any atom is -0.384 e. The molecular formula is C12H8F3N5S. The second-order valence-electron chi connectivity index (χ2n) is 4.68. The van der Waals surface area contributed by atoms with E-state index < -0.39 is 12.0 Å². The molecule has 0 aliphatic carbocycles. The zero-order valence-electron chi connectivity index (χ0n) is 10.4. The van der Waals surface area contributed by atoms with Gasteiger partial charge in [0.25, 0.3) is 5.82 Å². The lowest BCUT2D eigenvalue weighted by atomic mass is 10.0. The second kappa shape index (κ2) is 4.17. The average molecular weight is 311 g/mol. The number of rotatable bonds is 1. The Morgan fingerprint density at radius 3 is 2.86 bits per heavy atom. The summed E-state index contributed by atoms with van der Waals surface area (Å²) in [5, 5.41) is 14.6. The summed E-state index contributed by atoms with van der Waals surface area (Å²) in [6, 6.07) is 7.71. The molecule has 1 atom stereocenters. The summed E-state index contributed by atoms with van der Waals surface area (Å²) < 4.78 is 39.2. The molecule has 0 spiro atoms. The van der Waals surface area contributed by atoms with Crippen LogP contribution in [0.3, 0.4) is 0 Å². The minimum atomic E-state index is -4.56. The number of nitrogens with one attached hydrogen (secondary N) is 1. The fourth-order valence-electron chi connectivity index (χ4n) is 2.45. The molecule has 3 heterocycles. The van der Waals surface area contributed by atoms with E-state index >= 15 is 0 Å². The molecule has 0 radical (unpaired) electrons. The SMILES string of the molecule is FC(F)(F)c1nnc2sc(C3CNc4ccccc43)nn12. The van der Waals surface area contributed by atoms with Crippen molar-refractivity contribution >= 4 is 22.0 Å². The van der Waals surface area contributed by atoms with Crippen LogP contribution in [-0.2, 0) is 6.18 Å². The van der Waals surface area contributed by atoms with Crippen LogP contribution < -0.4 is 5.32 Å². The lowest BCUT2D eigenvalue weighted by Gasteiger charge is -2.05. The van der Waals surface area contributed by atoms with Gasteiger partial charge in [-0.2, -0.15) is 22.8 Å². The molecule has 0 saturated heterocycles. The van der Waals surface area contributed by atoms with Gasteiger partial charge in [-0.25, -0.2) is 0 Å². The van der Waals surface area contributed by atoms with Crippen molar-refractivity contribution in [3.8, 4) is 0 Å². The zero-order valence-corrected chi connectivity index (χ0v) is 11.2. The van der Waals surface area contributed by atoms with Gasteiger partial charge in [0, 0.05) is 12.2 Å². The van der Waals surface area contributed by atoms with Gasteiger partial charge in [-0.15, -0.1) is 10.2 Å². The van der Waals surface area contributed by atoms with Crippen LogP contribution in [0.1, 0.15) is 22.3 Å². The standard InChI is InChI=1S/C12H8F3N5S/c13-12(14,15)10-17-18-11-20(10)19-9(21-11)7-5-16-8-4-2-1-3-6(7)8/h1-4,7,16H,5H2. The van der Waals surface area contributed by atoms with Gasteiger partial charge in [-0.05, 0) is 11.6 Å². The minimum absolute atomic E-state index is 0.0611. The van der Waals surface area contributed by atoms with E-state index in [0.717, 1.165) is 27.1 Å². The van der Waals surface area contributed by atoms with Gasteiger partial charge in [0.15, 0.2) is 0 Å². The van der Waals surface area contributed by atoms with Crippen molar-refractivity contribution in [3.05, 3.63) is 40.7 Å². The van der Waals surface area contributed by atoms with Gasteiger partial charge < -0.3 is 5.32 Å². The predicted octanol–water partition coefficient (Wildman–Crippen LogP) is 2.76. The number of nitrogens with zero attached hydrogens (tertiary/aromatic N) is 4. The molecule has 3 aromatic rings. The van der Waals surface area contributed by atoms with Crippen molar-refractivity contribution in [1.82, 2.24) is 19.8 Å². The van der Waals surface area contributed by atoms with Crippen LogP contribution in [0.2, 0.25) is 0 Å². The maximum Gasteiger partial charge on any atom is 0.453 e. The van der Waals surface area contributed by atoms with Crippen LogP contribution in [0.15, 0.2) is 24.3 Å². The molecule has 5 nitrogen and oxygen atoms in total. The number of para-hydroxylation sites is 1. The molecule has 0 saturated carbocycles. The molecule has 0 bridgehead atoms. The Balaban J connectivity index is 1.81. The maximum atomic E-state index is 12.8. The predicted molar refractivity (Wildman–Crippen MR) is 70.4 cm³/mol. The summed E-state index contributed by atoms with van der Waals surface area (Å²) >= 11 is 1.13. The number of hydrogen-bond acceptors (Lipinski definition) is 5. The Bertz CT molecular complexity index is 822. The zero-order chi connectivity index (χ0) is 14.6. The molecule has 1 unspecified atom stereocenters. The van der Waals surface area contributed by atoms with Crippen LogP contribution in [0.5, 0.6) is 0 Å². The quantitative estimate of drug-likeness (QED) is 0.751. The van der Waals surface area contributed by atoms with Crippen molar-refractivity contribution < 1.29 is 13.2 Å². The number of anilines is 1. The van der Waals surface area contributed by atoms with Crippen molar-refractivity contribution in [2.75, 3.05) is 11.9 Å². The van der Waals surface area contributed by atoms with Crippen molar-refractivity contribution in [3.63, 3.8) is 0 Å². The van der Waals surface area contributed by atoms with Crippen molar-refractivity contribution in [1.29, 1.82) is 0 Å². The molecule has 1 N–H and O–H groups in total. The lowest BCUT2D eigenvalue weighted by Crippen LogP contribution is -2.12. The van der Waals surface area contributed by atoms with Crippen molar-refractivity contribution in [2.24, 2.45) is 0 Å². The topological polar surface area (TPSA) is 55.1 Å². The number of alkyl halides is 3. The summed E-state index contributed by atoms with van der Waals surface area (Å²) in [5.74, 6) is -1.15. The Labute approximate surface area is 120 Å². The summed E-state index contributed by atoms with van der Waals surface area (Å²) in [4.78, 5) is 0.154. The third kappa shape index (κ3) is 1.88. The van der Waals surface area contributed by atoms with E-state index in [1.165, 1.54) is 0 Å². The first-order valence-electron chi connectivity index (χ1n) is 6.16. The molecule has 1 aliphatic rings. The van der Waals surface area contributed by atoms with E-state index in [9.17, 15) is 13.2 Å².